The lowest BCUT2D eigenvalue weighted by Gasteiger charge is -2.31. The zero-order valence-electron chi connectivity index (χ0n) is 12.4. The minimum absolute atomic E-state index is 0. The van der Waals surface area contributed by atoms with Crippen LogP contribution >= 0.6 is 24.0 Å². The molecule has 0 bridgehead atoms. The van der Waals surface area contributed by atoms with Crippen molar-refractivity contribution < 1.29 is 4.79 Å². The molecule has 2 aliphatic rings. The van der Waals surface area contributed by atoms with Crippen molar-refractivity contribution in [1.29, 1.82) is 0 Å². The second-order valence-corrected chi connectivity index (χ2v) is 5.77. The summed E-state index contributed by atoms with van der Waals surface area (Å²) < 4.78 is 0. The van der Waals surface area contributed by atoms with Crippen molar-refractivity contribution in [1.82, 2.24) is 9.80 Å². The molecule has 6 heteroatoms. The third-order valence-electron chi connectivity index (χ3n) is 4.04. The molecule has 0 aromatic carbocycles. The molecule has 1 unspecified atom stereocenters. The molecule has 5 nitrogen and oxygen atoms in total. The SMILES string of the molecule is CC1CCCN(C(N)=NCCC(=O)N2CCCC2)C1.I. The van der Waals surface area contributed by atoms with Crippen LogP contribution in [0, 0.1) is 5.92 Å². The van der Waals surface area contributed by atoms with E-state index in [0.717, 1.165) is 39.0 Å². The lowest BCUT2D eigenvalue weighted by atomic mass is 10.0. The van der Waals surface area contributed by atoms with Gasteiger partial charge in [0.05, 0.1) is 6.54 Å². The van der Waals surface area contributed by atoms with Crippen molar-refractivity contribution in [3.8, 4) is 0 Å². The van der Waals surface area contributed by atoms with Crippen LogP contribution in [0.4, 0.5) is 0 Å². The van der Waals surface area contributed by atoms with Crippen LogP contribution in [0.5, 0.6) is 0 Å². The number of hydrogen-bond donors (Lipinski definition) is 1. The number of halogens is 1. The summed E-state index contributed by atoms with van der Waals surface area (Å²) in [6, 6.07) is 0. The number of aliphatic imine (C=N–C) groups is 1. The van der Waals surface area contributed by atoms with Gasteiger partial charge < -0.3 is 15.5 Å². The van der Waals surface area contributed by atoms with Crippen molar-refractivity contribution in [2.24, 2.45) is 16.6 Å². The largest absolute Gasteiger partial charge is 0.370 e. The monoisotopic (exact) mass is 394 g/mol. The maximum atomic E-state index is 11.9. The summed E-state index contributed by atoms with van der Waals surface area (Å²) in [5.41, 5.74) is 6.00. The first kappa shape index (κ1) is 17.5. The molecule has 0 radical (unpaired) electrons. The highest BCUT2D eigenvalue weighted by atomic mass is 127. The Morgan fingerprint density at radius 3 is 2.50 bits per heavy atom. The number of likely N-dealkylation sites (tertiary alicyclic amines) is 2. The van der Waals surface area contributed by atoms with Crippen molar-refractivity contribution in [2.75, 3.05) is 32.7 Å². The van der Waals surface area contributed by atoms with Crippen LogP contribution in [0.1, 0.15) is 39.0 Å². The zero-order chi connectivity index (χ0) is 13.7. The highest BCUT2D eigenvalue weighted by molar-refractivity contribution is 14.0. The molecule has 0 aliphatic carbocycles. The topological polar surface area (TPSA) is 61.9 Å². The molecular formula is C14H27IN4O. The molecule has 2 fully saturated rings. The van der Waals surface area contributed by atoms with E-state index in [1.807, 2.05) is 4.90 Å². The van der Waals surface area contributed by atoms with Gasteiger partial charge in [-0.15, -0.1) is 24.0 Å². The van der Waals surface area contributed by atoms with E-state index in [1.54, 1.807) is 0 Å². The predicted molar refractivity (Wildman–Crippen MR) is 92.3 cm³/mol. The fourth-order valence-electron chi connectivity index (χ4n) is 2.89. The Hall–Kier alpha value is -0.530. The van der Waals surface area contributed by atoms with Crippen LogP contribution in [-0.2, 0) is 4.79 Å². The minimum atomic E-state index is 0. The molecule has 0 aromatic heterocycles. The second-order valence-electron chi connectivity index (χ2n) is 5.77. The van der Waals surface area contributed by atoms with Crippen LogP contribution in [0.2, 0.25) is 0 Å². The Kier molecular flexibility index (Phi) is 7.61. The van der Waals surface area contributed by atoms with Crippen molar-refractivity contribution >= 4 is 35.8 Å². The average molecular weight is 394 g/mol. The van der Waals surface area contributed by atoms with Crippen molar-refractivity contribution in [3.63, 3.8) is 0 Å². The number of carbonyl (C=O) groups excluding carboxylic acids is 1. The number of amides is 1. The average Bonchev–Trinajstić information content (AvgIpc) is 2.92. The summed E-state index contributed by atoms with van der Waals surface area (Å²) in [6.45, 7) is 6.60. The van der Waals surface area contributed by atoms with Crippen molar-refractivity contribution in [2.45, 2.75) is 39.0 Å². The summed E-state index contributed by atoms with van der Waals surface area (Å²) in [7, 11) is 0. The van der Waals surface area contributed by atoms with Crippen LogP contribution in [0.15, 0.2) is 4.99 Å². The third-order valence-corrected chi connectivity index (χ3v) is 4.04. The summed E-state index contributed by atoms with van der Waals surface area (Å²) >= 11 is 0. The van der Waals surface area contributed by atoms with Gasteiger partial charge in [0, 0.05) is 32.6 Å². The van der Waals surface area contributed by atoms with Gasteiger partial charge in [0.25, 0.3) is 0 Å². The number of carbonyl (C=O) groups is 1. The third kappa shape index (κ3) is 5.10. The van der Waals surface area contributed by atoms with E-state index < -0.39 is 0 Å². The molecular weight excluding hydrogens is 367 g/mol. The van der Waals surface area contributed by atoms with Gasteiger partial charge in [-0.1, -0.05) is 6.92 Å². The van der Waals surface area contributed by atoms with E-state index in [9.17, 15) is 4.79 Å². The predicted octanol–water partition coefficient (Wildman–Crippen LogP) is 1.66. The first-order chi connectivity index (χ1) is 9.16. The standard InChI is InChI=1S/C14H26N4O.HI/c1-12-5-4-10-18(11-12)14(15)16-7-6-13(19)17-8-2-3-9-17;/h12H,2-11H2,1H3,(H2,15,16);1H. The van der Waals surface area contributed by atoms with E-state index >= 15 is 0 Å². The van der Waals surface area contributed by atoms with Gasteiger partial charge in [0.2, 0.25) is 5.91 Å². The van der Waals surface area contributed by atoms with Crippen LogP contribution in [0.25, 0.3) is 0 Å². The maximum absolute atomic E-state index is 11.9. The normalized spacial score (nSPS) is 23.6. The Labute approximate surface area is 139 Å². The molecule has 2 aliphatic heterocycles. The lowest BCUT2D eigenvalue weighted by molar-refractivity contribution is -0.129. The molecule has 1 atom stereocenters. The second kappa shape index (κ2) is 8.69. The number of hydrogen-bond acceptors (Lipinski definition) is 2. The van der Waals surface area contributed by atoms with Gasteiger partial charge in [-0.25, -0.2) is 0 Å². The molecule has 0 spiro atoms. The number of nitrogens with two attached hydrogens (primary N) is 1. The number of nitrogens with zero attached hydrogens (tertiary/aromatic N) is 3. The first-order valence-electron chi connectivity index (χ1n) is 7.49. The first-order valence-corrected chi connectivity index (χ1v) is 7.49. The van der Waals surface area contributed by atoms with E-state index in [1.165, 1.54) is 12.8 Å². The molecule has 1 amide bonds. The number of rotatable bonds is 3. The van der Waals surface area contributed by atoms with E-state index in [2.05, 4.69) is 16.8 Å². The zero-order valence-corrected chi connectivity index (χ0v) is 14.7. The fourth-order valence-corrected chi connectivity index (χ4v) is 2.89. The lowest BCUT2D eigenvalue weighted by Crippen LogP contribution is -2.43. The van der Waals surface area contributed by atoms with E-state index in [0.29, 0.717) is 24.8 Å². The van der Waals surface area contributed by atoms with Gasteiger partial charge in [-0.3, -0.25) is 9.79 Å². The van der Waals surface area contributed by atoms with Gasteiger partial charge >= 0.3 is 0 Å². The van der Waals surface area contributed by atoms with E-state index in [-0.39, 0.29) is 29.9 Å². The maximum Gasteiger partial charge on any atom is 0.224 e. The molecule has 2 saturated heterocycles. The molecule has 20 heavy (non-hydrogen) atoms. The van der Waals surface area contributed by atoms with Crippen LogP contribution in [-0.4, -0.2) is 54.4 Å². The Morgan fingerprint density at radius 2 is 1.85 bits per heavy atom. The number of guanidine groups is 1. The molecule has 2 N–H and O–H groups in total. The van der Waals surface area contributed by atoms with Crippen LogP contribution in [0.3, 0.4) is 0 Å². The molecule has 116 valence electrons. The van der Waals surface area contributed by atoms with Crippen molar-refractivity contribution in [3.05, 3.63) is 0 Å². The number of piperidine rings is 1. The fraction of sp³-hybridized carbons (Fsp3) is 0.857. The van der Waals surface area contributed by atoms with Gasteiger partial charge in [0.15, 0.2) is 5.96 Å². The Morgan fingerprint density at radius 1 is 1.20 bits per heavy atom. The minimum Gasteiger partial charge on any atom is -0.370 e. The highest BCUT2D eigenvalue weighted by Gasteiger charge is 2.19. The molecule has 0 aromatic rings. The molecule has 2 heterocycles. The molecule has 0 saturated carbocycles. The van der Waals surface area contributed by atoms with Gasteiger partial charge in [-0.05, 0) is 31.6 Å². The van der Waals surface area contributed by atoms with Gasteiger partial charge in [-0.2, -0.15) is 0 Å². The summed E-state index contributed by atoms with van der Waals surface area (Å²) in [6.07, 6.45) is 5.23. The summed E-state index contributed by atoms with van der Waals surface area (Å²) in [5, 5.41) is 0. The van der Waals surface area contributed by atoms with E-state index in [4.69, 9.17) is 5.73 Å². The Balaban J connectivity index is 0.00000200. The highest BCUT2D eigenvalue weighted by Crippen LogP contribution is 2.15. The van der Waals surface area contributed by atoms with Gasteiger partial charge in [0.1, 0.15) is 0 Å². The molecule has 2 rings (SSSR count). The van der Waals surface area contributed by atoms with Crippen LogP contribution < -0.4 is 5.73 Å². The summed E-state index contributed by atoms with van der Waals surface area (Å²) in [4.78, 5) is 20.3. The Bertz CT molecular complexity index is 342. The smallest absolute Gasteiger partial charge is 0.224 e. The quantitative estimate of drug-likeness (QED) is 0.450. The summed E-state index contributed by atoms with van der Waals surface area (Å²) in [5.74, 6) is 1.52.